The van der Waals surface area contributed by atoms with Gasteiger partial charge in [0.25, 0.3) is 0 Å². The molecular formula is C29H42ClN5O5S. The minimum Gasteiger partial charge on any atom is -0.481 e. The van der Waals surface area contributed by atoms with E-state index in [1.165, 1.54) is 6.07 Å². The van der Waals surface area contributed by atoms with Crippen molar-refractivity contribution < 1.29 is 23.1 Å². The average Bonchev–Trinajstić information content (AvgIpc) is 2.94. The third-order valence-corrected chi connectivity index (χ3v) is 9.10. The number of hydrogen-bond donors (Lipinski definition) is 5. The highest BCUT2D eigenvalue weighted by molar-refractivity contribution is 7.89. The maximum absolute atomic E-state index is 13.6. The molecule has 0 unspecified atom stereocenters. The number of halogens is 1. The highest BCUT2D eigenvalue weighted by atomic mass is 35.5. The number of nitrogens with zero attached hydrogens (tertiary/aromatic N) is 1. The fourth-order valence-electron chi connectivity index (χ4n) is 5.08. The van der Waals surface area contributed by atoms with Gasteiger partial charge in [0.05, 0.1) is 4.90 Å². The summed E-state index contributed by atoms with van der Waals surface area (Å²) in [6.45, 7) is 5.31. The van der Waals surface area contributed by atoms with Crippen LogP contribution in [0.25, 0.3) is 0 Å². The molecule has 1 heterocycles. The van der Waals surface area contributed by atoms with Crippen LogP contribution in [0, 0.1) is 11.3 Å². The van der Waals surface area contributed by atoms with Gasteiger partial charge in [0, 0.05) is 31.5 Å². The normalized spacial score (nSPS) is 15.0. The summed E-state index contributed by atoms with van der Waals surface area (Å²) >= 11 is 0. The van der Waals surface area contributed by atoms with Crippen LogP contribution in [0.4, 0.5) is 0 Å². The lowest BCUT2D eigenvalue weighted by atomic mass is 9.78. The SMILES string of the molecule is CC(C)(c1ccccc1)c1cccc(S(=O)(=O)N[C@@H](CCCNC(=N)N)C(=O)N2CCC(CCC(=O)O)CC2)c1.Cl. The van der Waals surface area contributed by atoms with Crippen molar-refractivity contribution in [1.29, 1.82) is 5.41 Å². The van der Waals surface area contributed by atoms with Crippen LogP contribution in [0.2, 0.25) is 0 Å². The monoisotopic (exact) mass is 607 g/mol. The number of carbonyl (C=O) groups is 2. The fraction of sp³-hybridized carbons (Fsp3) is 0.483. The highest BCUT2D eigenvalue weighted by Gasteiger charge is 2.32. The Morgan fingerprint density at radius 1 is 1.10 bits per heavy atom. The lowest BCUT2D eigenvalue weighted by Crippen LogP contribution is -2.51. The number of carboxylic acid groups (broad SMARTS) is 1. The number of nitrogens with one attached hydrogen (secondary N) is 3. The maximum Gasteiger partial charge on any atom is 0.303 e. The first-order valence-electron chi connectivity index (χ1n) is 13.7. The first kappa shape index (κ1) is 34.1. The summed E-state index contributed by atoms with van der Waals surface area (Å²) in [7, 11) is -4.04. The molecule has 1 aliphatic heterocycles. The molecule has 2 aromatic carbocycles. The quantitative estimate of drug-likeness (QED) is 0.132. The van der Waals surface area contributed by atoms with E-state index in [-0.39, 0.29) is 47.9 Å². The third-order valence-electron chi connectivity index (χ3n) is 7.63. The smallest absolute Gasteiger partial charge is 0.303 e. The van der Waals surface area contributed by atoms with E-state index < -0.39 is 27.4 Å². The standard InChI is InChI=1S/C29H41N5O5S.ClH/c1-29(2,22-8-4-3-5-9-22)23-10-6-11-24(20-23)40(38,39)33-25(12-7-17-32-28(30)31)27(37)34-18-15-21(16-19-34)13-14-26(35)36;/h3-6,8-11,20-21,25,33H,7,12-19H2,1-2H3,(H,35,36)(H4,30,31,32);1H/t25-;/m0./s1. The number of aliphatic carboxylic acids is 1. The van der Waals surface area contributed by atoms with Gasteiger partial charge in [0.2, 0.25) is 15.9 Å². The van der Waals surface area contributed by atoms with Crippen LogP contribution < -0.4 is 15.8 Å². The summed E-state index contributed by atoms with van der Waals surface area (Å²) in [4.78, 5) is 26.2. The second-order valence-corrected chi connectivity index (χ2v) is 12.6. The van der Waals surface area contributed by atoms with Crippen molar-refractivity contribution in [2.75, 3.05) is 19.6 Å². The van der Waals surface area contributed by atoms with Gasteiger partial charge in [-0.3, -0.25) is 15.0 Å². The molecule has 226 valence electrons. The third kappa shape index (κ3) is 9.72. The minimum absolute atomic E-state index is 0. The van der Waals surface area contributed by atoms with E-state index in [2.05, 4.69) is 10.0 Å². The van der Waals surface area contributed by atoms with Gasteiger partial charge in [-0.25, -0.2) is 8.42 Å². The Kier molecular flexibility index (Phi) is 12.6. The van der Waals surface area contributed by atoms with Gasteiger partial charge < -0.3 is 21.1 Å². The zero-order chi connectivity index (χ0) is 29.3. The van der Waals surface area contributed by atoms with E-state index in [4.69, 9.17) is 16.2 Å². The number of benzene rings is 2. The highest BCUT2D eigenvalue weighted by Crippen LogP contribution is 2.32. The summed E-state index contributed by atoms with van der Waals surface area (Å²) in [5.41, 5.74) is 6.80. The lowest BCUT2D eigenvalue weighted by Gasteiger charge is -2.34. The number of nitrogens with two attached hydrogens (primary N) is 1. The number of amides is 1. The molecule has 1 aliphatic rings. The fourth-order valence-corrected chi connectivity index (χ4v) is 6.35. The average molecular weight is 608 g/mol. The first-order valence-corrected chi connectivity index (χ1v) is 15.2. The van der Waals surface area contributed by atoms with Crippen LogP contribution >= 0.6 is 12.4 Å². The molecule has 12 heteroatoms. The predicted molar refractivity (Wildman–Crippen MR) is 162 cm³/mol. The Balaban J connectivity index is 0.00000588. The topological polar surface area (TPSA) is 166 Å². The van der Waals surface area contributed by atoms with Gasteiger partial charge >= 0.3 is 5.97 Å². The molecule has 0 spiro atoms. The van der Waals surface area contributed by atoms with Crippen molar-refractivity contribution in [3.63, 3.8) is 0 Å². The number of guanidine groups is 1. The molecule has 1 saturated heterocycles. The number of piperidine rings is 1. The summed E-state index contributed by atoms with van der Waals surface area (Å²) in [6, 6.07) is 15.7. The van der Waals surface area contributed by atoms with Crippen molar-refractivity contribution in [1.82, 2.24) is 14.9 Å². The zero-order valence-electron chi connectivity index (χ0n) is 23.6. The van der Waals surface area contributed by atoms with E-state index in [1.807, 2.05) is 50.2 Å². The lowest BCUT2D eigenvalue weighted by molar-refractivity contribution is -0.138. The summed E-state index contributed by atoms with van der Waals surface area (Å²) in [5.74, 6) is -1.09. The molecule has 6 N–H and O–H groups in total. The Hall–Kier alpha value is -3.15. The molecule has 1 amide bonds. The van der Waals surface area contributed by atoms with Gasteiger partial charge in [-0.1, -0.05) is 56.3 Å². The van der Waals surface area contributed by atoms with Crippen molar-refractivity contribution in [3.05, 3.63) is 65.7 Å². The predicted octanol–water partition coefficient (Wildman–Crippen LogP) is 3.45. The van der Waals surface area contributed by atoms with Crippen molar-refractivity contribution >= 4 is 40.3 Å². The van der Waals surface area contributed by atoms with Crippen LogP contribution in [0.5, 0.6) is 0 Å². The van der Waals surface area contributed by atoms with Crippen LogP contribution in [-0.4, -0.2) is 61.9 Å². The Morgan fingerprint density at radius 3 is 2.34 bits per heavy atom. The van der Waals surface area contributed by atoms with E-state index in [1.54, 1.807) is 17.0 Å². The minimum atomic E-state index is -4.04. The molecule has 41 heavy (non-hydrogen) atoms. The van der Waals surface area contributed by atoms with E-state index in [9.17, 15) is 18.0 Å². The van der Waals surface area contributed by atoms with Gasteiger partial charge in [-0.15, -0.1) is 12.4 Å². The molecule has 10 nitrogen and oxygen atoms in total. The largest absolute Gasteiger partial charge is 0.481 e. The van der Waals surface area contributed by atoms with Crippen LogP contribution in [-0.2, 0) is 25.0 Å². The van der Waals surface area contributed by atoms with Gasteiger partial charge in [-0.05, 0) is 61.3 Å². The summed E-state index contributed by atoms with van der Waals surface area (Å²) in [6.07, 6.45) is 2.69. The Morgan fingerprint density at radius 2 is 1.73 bits per heavy atom. The number of rotatable bonds is 13. The molecular weight excluding hydrogens is 566 g/mol. The molecule has 0 saturated carbocycles. The summed E-state index contributed by atoms with van der Waals surface area (Å²) in [5, 5.41) is 19.0. The molecule has 1 fully saturated rings. The number of sulfonamides is 1. The van der Waals surface area contributed by atoms with Crippen LogP contribution in [0.1, 0.15) is 63.5 Å². The van der Waals surface area contributed by atoms with E-state index in [0.29, 0.717) is 45.3 Å². The molecule has 0 bridgehead atoms. The number of carboxylic acids is 1. The zero-order valence-corrected chi connectivity index (χ0v) is 25.3. The van der Waals surface area contributed by atoms with Crippen molar-refractivity contribution in [2.45, 2.75) is 68.7 Å². The van der Waals surface area contributed by atoms with E-state index in [0.717, 1.165) is 11.1 Å². The van der Waals surface area contributed by atoms with Gasteiger partial charge in [0.15, 0.2) is 5.96 Å². The maximum atomic E-state index is 13.6. The van der Waals surface area contributed by atoms with Crippen molar-refractivity contribution in [3.8, 4) is 0 Å². The van der Waals surface area contributed by atoms with Crippen molar-refractivity contribution in [2.24, 2.45) is 11.7 Å². The number of likely N-dealkylation sites (tertiary alicyclic amines) is 1. The number of hydrogen-bond acceptors (Lipinski definition) is 5. The number of carbonyl (C=O) groups excluding carboxylic acids is 1. The van der Waals surface area contributed by atoms with Gasteiger partial charge in [0.1, 0.15) is 6.04 Å². The Bertz CT molecular complexity index is 1280. The second kappa shape index (κ2) is 15.2. The Labute approximate surface area is 249 Å². The molecule has 0 aliphatic carbocycles. The first-order chi connectivity index (χ1) is 18.9. The summed E-state index contributed by atoms with van der Waals surface area (Å²) < 4.78 is 29.8. The molecule has 3 rings (SSSR count). The van der Waals surface area contributed by atoms with E-state index >= 15 is 0 Å². The molecule has 0 aromatic heterocycles. The molecule has 2 aromatic rings. The van der Waals surface area contributed by atoms with Gasteiger partial charge in [-0.2, -0.15) is 4.72 Å². The molecule has 1 atom stereocenters. The second-order valence-electron chi connectivity index (χ2n) is 10.9. The van der Waals surface area contributed by atoms with Crippen LogP contribution in [0.3, 0.4) is 0 Å². The molecule has 0 radical (unpaired) electrons. The van der Waals surface area contributed by atoms with Crippen LogP contribution in [0.15, 0.2) is 59.5 Å².